The normalized spacial score (nSPS) is 10.2. The molecule has 2 rings (SSSR count). The van der Waals surface area contributed by atoms with E-state index in [0.717, 1.165) is 11.1 Å². The second-order valence-corrected chi connectivity index (χ2v) is 5.09. The molecule has 0 bridgehead atoms. The Bertz CT molecular complexity index is 646. The number of hydrogen-bond acceptors (Lipinski definition) is 3. The quantitative estimate of drug-likeness (QED) is 0.903. The van der Waals surface area contributed by atoms with E-state index in [2.05, 4.69) is 5.32 Å². The highest BCUT2D eigenvalue weighted by Gasteiger charge is 2.16. The van der Waals surface area contributed by atoms with Gasteiger partial charge in [-0.3, -0.25) is 4.79 Å². The molecule has 0 unspecified atom stereocenters. The first-order valence-corrected chi connectivity index (χ1v) is 6.57. The molecule has 1 heterocycles. The summed E-state index contributed by atoms with van der Waals surface area (Å²) < 4.78 is 0. The van der Waals surface area contributed by atoms with Gasteiger partial charge in [-0.15, -0.1) is 11.3 Å². The maximum Gasteiger partial charge on any atom is 0.338 e. The van der Waals surface area contributed by atoms with Crippen molar-refractivity contribution < 1.29 is 14.7 Å². The Labute approximate surface area is 114 Å². The number of aryl methyl sites for hydroxylation is 1. The molecule has 1 aromatic heterocycles. The van der Waals surface area contributed by atoms with E-state index in [-0.39, 0.29) is 11.5 Å². The first kappa shape index (κ1) is 13.3. The van der Waals surface area contributed by atoms with Crippen LogP contribution in [0.25, 0.3) is 0 Å². The zero-order chi connectivity index (χ0) is 14.0. The van der Waals surface area contributed by atoms with E-state index in [9.17, 15) is 9.59 Å². The number of carbonyl (C=O) groups is 2. The maximum atomic E-state index is 12.2. The highest BCUT2D eigenvalue weighted by atomic mass is 32.1. The Morgan fingerprint density at radius 1 is 1.16 bits per heavy atom. The molecule has 0 atom stereocenters. The van der Waals surface area contributed by atoms with Gasteiger partial charge in [-0.2, -0.15) is 0 Å². The summed E-state index contributed by atoms with van der Waals surface area (Å²) in [6.45, 7) is 3.80. The summed E-state index contributed by atoms with van der Waals surface area (Å²) in [5, 5.41) is 13.6. The highest BCUT2D eigenvalue weighted by molar-refractivity contribution is 7.14. The van der Waals surface area contributed by atoms with Gasteiger partial charge >= 0.3 is 5.97 Å². The lowest BCUT2D eigenvalue weighted by Crippen LogP contribution is -2.14. The third kappa shape index (κ3) is 2.66. The van der Waals surface area contributed by atoms with E-state index in [1.54, 1.807) is 11.4 Å². The molecule has 0 saturated carbocycles. The molecule has 0 fully saturated rings. The predicted octanol–water partition coefficient (Wildman–Crippen LogP) is 3.32. The van der Waals surface area contributed by atoms with Crippen LogP contribution in [0.1, 0.15) is 31.8 Å². The fourth-order valence-corrected chi connectivity index (χ4v) is 2.52. The number of benzene rings is 1. The lowest BCUT2D eigenvalue weighted by atomic mass is 10.0. The third-order valence-electron chi connectivity index (χ3n) is 2.97. The van der Waals surface area contributed by atoms with E-state index in [4.69, 9.17) is 5.11 Å². The minimum Gasteiger partial charge on any atom is -0.478 e. The van der Waals surface area contributed by atoms with Crippen LogP contribution in [0.3, 0.4) is 0 Å². The van der Waals surface area contributed by atoms with Crippen molar-refractivity contribution in [1.29, 1.82) is 0 Å². The van der Waals surface area contributed by atoms with Crippen LogP contribution in [0.4, 0.5) is 5.00 Å². The van der Waals surface area contributed by atoms with Crippen molar-refractivity contribution in [3.8, 4) is 0 Å². The van der Waals surface area contributed by atoms with Crippen LogP contribution < -0.4 is 5.32 Å². The van der Waals surface area contributed by atoms with Crippen LogP contribution in [-0.4, -0.2) is 17.0 Å². The van der Waals surface area contributed by atoms with Gasteiger partial charge < -0.3 is 10.4 Å². The molecule has 0 radical (unpaired) electrons. The molecule has 1 aromatic carbocycles. The monoisotopic (exact) mass is 275 g/mol. The van der Waals surface area contributed by atoms with Crippen molar-refractivity contribution in [2.45, 2.75) is 13.8 Å². The molecule has 0 saturated heterocycles. The molecule has 4 nitrogen and oxygen atoms in total. The largest absolute Gasteiger partial charge is 0.478 e. The number of thiophene rings is 1. The molecule has 2 N–H and O–H groups in total. The van der Waals surface area contributed by atoms with Crippen LogP contribution >= 0.6 is 11.3 Å². The molecule has 2 aromatic rings. The standard InChI is InChI=1S/C14H13NO3S/c1-8-4-3-5-10(9(8)2)12(16)15-13-11(14(17)18)6-7-19-13/h3-7H,1-2H3,(H,15,16)(H,17,18). The number of hydrogen-bond donors (Lipinski definition) is 2. The van der Waals surface area contributed by atoms with Crippen molar-refractivity contribution in [3.63, 3.8) is 0 Å². The molecule has 98 valence electrons. The molecule has 0 aliphatic rings. The number of amides is 1. The van der Waals surface area contributed by atoms with Crippen LogP contribution in [0, 0.1) is 13.8 Å². The van der Waals surface area contributed by atoms with Gasteiger partial charge in [0.05, 0.1) is 5.56 Å². The Balaban J connectivity index is 2.29. The topological polar surface area (TPSA) is 66.4 Å². The van der Waals surface area contributed by atoms with Gasteiger partial charge in [-0.05, 0) is 42.5 Å². The SMILES string of the molecule is Cc1cccc(C(=O)Nc2sccc2C(=O)O)c1C. The number of carboxylic acid groups (broad SMARTS) is 1. The Hall–Kier alpha value is -2.14. The molecule has 0 spiro atoms. The average molecular weight is 275 g/mol. The summed E-state index contributed by atoms with van der Waals surface area (Å²) in [7, 11) is 0. The van der Waals surface area contributed by atoms with Gasteiger partial charge in [0, 0.05) is 5.56 Å². The van der Waals surface area contributed by atoms with E-state index < -0.39 is 5.97 Å². The lowest BCUT2D eigenvalue weighted by molar-refractivity contribution is 0.0698. The number of anilines is 1. The number of carboxylic acids is 1. The van der Waals surface area contributed by atoms with Gasteiger partial charge in [-0.1, -0.05) is 12.1 Å². The van der Waals surface area contributed by atoms with Crippen molar-refractivity contribution >= 4 is 28.2 Å². The predicted molar refractivity (Wildman–Crippen MR) is 75.1 cm³/mol. The fraction of sp³-hybridized carbons (Fsp3) is 0.143. The van der Waals surface area contributed by atoms with Crippen LogP contribution in [0.15, 0.2) is 29.6 Å². The summed E-state index contributed by atoms with van der Waals surface area (Å²) in [5.74, 6) is -1.33. The van der Waals surface area contributed by atoms with E-state index in [0.29, 0.717) is 10.6 Å². The third-order valence-corrected chi connectivity index (χ3v) is 3.80. The van der Waals surface area contributed by atoms with Gasteiger partial charge in [0.1, 0.15) is 5.00 Å². The molecule has 19 heavy (non-hydrogen) atoms. The molecular weight excluding hydrogens is 262 g/mol. The zero-order valence-corrected chi connectivity index (χ0v) is 11.4. The molecule has 0 aliphatic carbocycles. The Kier molecular flexibility index (Phi) is 3.66. The van der Waals surface area contributed by atoms with Crippen LogP contribution in [0.5, 0.6) is 0 Å². The van der Waals surface area contributed by atoms with Crippen LogP contribution in [0.2, 0.25) is 0 Å². The average Bonchev–Trinajstić information content (AvgIpc) is 2.80. The second kappa shape index (κ2) is 5.24. The summed E-state index contributed by atoms with van der Waals surface area (Å²) >= 11 is 1.20. The van der Waals surface area contributed by atoms with Crippen LogP contribution in [-0.2, 0) is 0 Å². The van der Waals surface area contributed by atoms with E-state index in [1.807, 2.05) is 26.0 Å². The van der Waals surface area contributed by atoms with Gasteiger partial charge in [0.15, 0.2) is 0 Å². The lowest BCUT2D eigenvalue weighted by Gasteiger charge is -2.08. The summed E-state index contributed by atoms with van der Waals surface area (Å²) in [6, 6.07) is 6.95. The summed E-state index contributed by atoms with van der Waals surface area (Å²) in [4.78, 5) is 23.1. The first-order valence-electron chi connectivity index (χ1n) is 5.69. The van der Waals surface area contributed by atoms with Gasteiger partial charge in [0.25, 0.3) is 5.91 Å². The Morgan fingerprint density at radius 3 is 2.58 bits per heavy atom. The summed E-state index contributed by atoms with van der Waals surface area (Å²) in [6.07, 6.45) is 0. The highest BCUT2D eigenvalue weighted by Crippen LogP contribution is 2.24. The number of nitrogens with one attached hydrogen (secondary N) is 1. The van der Waals surface area contributed by atoms with Crippen molar-refractivity contribution in [1.82, 2.24) is 0 Å². The minimum atomic E-state index is -1.04. The van der Waals surface area contributed by atoms with Crippen molar-refractivity contribution in [3.05, 3.63) is 51.9 Å². The molecule has 1 amide bonds. The van der Waals surface area contributed by atoms with E-state index in [1.165, 1.54) is 17.4 Å². The number of carbonyl (C=O) groups excluding carboxylic acids is 1. The van der Waals surface area contributed by atoms with Gasteiger partial charge in [-0.25, -0.2) is 4.79 Å². The van der Waals surface area contributed by atoms with E-state index >= 15 is 0 Å². The van der Waals surface area contributed by atoms with Crippen molar-refractivity contribution in [2.75, 3.05) is 5.32 Å². The van der Waals surface area contributed by atoms with Gasteiger partial charge in [0.2, 0.25) is 0 Å². The zero-order valence-electron chi connectivity index (χ0n) is 10.6. The molecule has 5 heteroatoms. The maximum absolute atomic E-state index is 12.2. The Morgan fingerprint density at radius 2 is 1.89 bits per heavy atom. The minimum absolute atomic E-state index is 0.114. The fourth-order valence-electron chi connectivity index (χ4n) is 1.74. The smallest absolute Gasteiger partial charge is 0.338 e. The number of aromatic carboxylic acids is 1. The van der Waals surface area contributed by atoms with Crippen molar-refractivity contribution in [2.24, 2.45) is 0 Å². The molecule has 0 aliphatic heterocycles. The molecular formula is C14H13NO3S. The number of rotatable bonds is 3. The summed E-state index contributed by atoms with van der Waals surface area (Å²) in [5.41, 5.74) is 2.60. The first-order chi connectivity index (χ1) is 9.00. The second-order valence-electron chi connectivity index (χ2n) is 4.17.